The molecule has 2 aliphatic rings. The Bertz CT molecular complexity index is 1340. The molecule has 0 radical (unpaired) electrons. The summed E-state index contributed by atoms with van der Waals surface area (Å²) in [6.45, 7) is 5.73. The molecule has 0 spiro atoms. The molecule has 1 unspecified atom stereocenters. The summed E-state index contributed by atoms with van der Waals surface area (Å²) in [4.78, 5) is 42.0. The highest BCUT2D eigenvalue weighted by Crippen LogP contribution is 2.37. The zero-order chi connectivity index (χ0) is 26.8. The molecule has 3 heterocycles. The number of hydrogen-bond donors (Lipinski definition) is 0. The SMILES string of the molecule is CC(=O)N1CCN(C(=O)c2ccc(COc3ccc4c(c3)C(c3ccc(F)cc3)N(C(C)=O)CC4)o2)CC1. The van der Waals surface area contributed by atoms with Crippen LogP contribution in [0, 0.1) is 5.82 Å². The van der Waals surface area contributed by atoms with Crippen molar-refractivity contribution in [2.24, 2.45) is 0 Å². The van der Waals surface area contributed by atoms with E-state index in [1.54, 1.807) is 45.9 Å². The highest BCUT2D eigenvalue weighted by molar-refractivity contribution is 5.91. The van der Waals surface area contributed by atoms with Crippen molar-refractivity contribution in [3.05, 3.63) is 88.6 Å². The normalized spacial score (nSPS) is 17.2. The molecule has 3 aromatic rings. The summed E-state index contributed by atoms with van der Waals surface area (Å²) >= 11 is 0. The van der Waals surface area contributed by atoms with Crippen LogP contribution in [0.15, 0.2) is 59.0 Å². The number of halogens is 1. The number of carbonyl (C=O) groups excluding carboxylic acids is 3. The van der Waals surface area contributed by atoms with Crippen LogP contribution in [0.3, 0.4) is 0 Å². The van der Waals surface area contributed by atoms with Gasteiger partial charge in [-0.3, -0.25) is 14.4 Å². The van der Waals surface area contributed by atoms with E-state index in [2.05, 4.69) is 0 Å². The summed E-state index contributed by atoms with van der Waals surface area (Å²) < 4.78 is 25.4. The predicted molar refractivity (Wildman–Crippen MR) is 137 cm³/mol. The number of amides is 3. The fraction of sp³-hybridized carbons (Fsp3) is 0.345. The summed E-state index contributed by atoms with van der Waals surface area (Å²) in [7, 11) is 0. The standard InChI is InChI=1S/C29H30FN3O5/c1-19(34)31-13-15-32(16-14-31)29(36)27-10-9-25(38-27)18-37-24-8-5-21-11-12-33(20(2)35)28(26(21)17-24)22-3-6-23(30)7-4-22/h3-10,17,28H,11-16,18H2,1-2H3. The number of piperazine rings is 1. The quantitative estimate of drug-likeness (QED) is 0.512. The zero-order valence-electron chi connectivity index (χ0n) is 21.5. The van der Waals surface area contributed by atoms with Gasteiger partial charge >= 0.3 is 0 Å². The van der Waals surface area contributed by atoms with E-state index in [4.69, 9.17) is 9.15 Å². The van der Waals surface area contributed by atoms with Crippen LogP contribution in [-0.2, 0) is 22.6 Å². The molecule has 2 aliphatic heterocycles. The second-order valence-corrected chi connectivity index (χ2v) is 9.63. The third kappa shape index (κ3) is 5.27. The molecule has 2 aromatic carbocycles. The van der Waals surface area contributed by atoms with E-state index in [9.17, 15) is 18.8 Å². The van der Waals surface area contributed by atoms with Crippen LogP contribution in [0.2, 0.25) is 0 Å². The van der Waals surface area contributed by atoms with Gasteiger partial charge in [0.25, 0.3) is 5.91 Å². The molecule has 1 fully saturated rings. The summed E-state index contributed by atoms with van der Waals surface area (Å²) in [5.74, 6) is 0.769. The number of nitrogens with zero attached hydrogens (tertiary/aromatic N) is 3. The van der Waals surface area contributed by atoms with Crippen LogP contribution < -0.4 is 4.74 Å². The van der Waals surface area contributed by atoms with Crippen molar-refractivity contribution in [2.45, 2.75) is 32.9 Å². The Kier molecular flexibility index (Phi) is 7.18. The van der Waals surface area contributed by atoms with E-state index < -0.39 is 0 Å². The number of fused-ring (bicyclic) bond motifs is 1. The molecule has 9 heteroatoms. The molecule has 0 aliphatic carbocycles. The molecule has 0 saturated carbocycles. The lowest BCUT2D eigenvalue weighted by atomic mass is 9.88. The van der Waals surface area contributed by atoms with Crippen LogP contribution in [0.1, 0.15) is 52.9 Å². The summed E-state index contributed by atoms with van der Waals surface area (Å²) in [6.07, 6.45) is 0.719. The highest BCUT2D eigenvalue weighted by Gasteiger charge is 2.31. The third-order valence-electron chi connectivity index (χ3n) is 7.20. The topological polar surface area (TPSA) is 83.3 Å². The van der Waals surface area contributed by atoms with Crippen LogP contribution in [0.5, 0.6) is 5.75 Å². The molecule has 0 bridgehead atoms. The largest absolute Gasteiger partial charge is 0.486 e. The lowest BCUT2D eigenvalue weighted by molar-refractivity contribution is -0.131. The van der Waals surface area contributed by atoms with Gasteiger partial charge in [-0.1, -0.05) is 18.2 Å². The second-order valence-electron chi connectivity index (χ2n) is 9.63. The number of ether oxygens (including phenoxy) is 1. The molecular formula is C29H30FN3O5. The number of hydrogen-bond acceptors (Lipinski definition) is 5. The van der Waals surface area contributed by atoms with Gasteiger partial charge in [0.15, 0.2) is 5.76 Å². The lowest BCUT2D eigenvalue weighted by Gasteiger charge is -2.37. The number of rotatable bonds is 5. The third-order valence-corrected chi connectivity index (χ3v) is 7.20. The van der Waals surface area contributed by atoms with Gasteiger partial charge in [-0.15, -0.1) is 0 Å². The fourth-order valence-electron chi connectivity index (χ4n) is 5.13. The molecule has 8 nitrogen and oxygen atoms in total. The first-order chi connectivity index (χ1) is 18.3. The first-order valence-electron chi connectivity index (χ1n) is 12.7. The molecule has 198 valence electrons. The lowest BCUT2D eigenvalue weighted by Crippen LogP contribution is -2.50. The average Bonchev–Trinajstić information content (AvgIpc) is 3.40. The minimum atomic E-state index is -0.336. The molecule has 1 atom stereocenters. The molecule has 1 saturated heterocycles. The van der Waals surface area contributed by atoms with Crippen molar-refractivity contribution >= 4 is 17.7 Å². The molecule has 0 N–H and O–H groups in total. The zero-order valence-corrected chi connectivity index (χ0v) is 21.5. The summed E-state index contributed by atoms with van der Waals surface area (Å²) in [6, 6.07) is 15.0. The van der Waals surface area contributed by atoms with Crippen molar-refractivity contribution < 1.29 is 27.9 Å². The Morgan fingerprint density at radius 1 is 0.895 bits per heavy atom. The average molecular weight is 520 g/mol. The van der Waals surface area contributed by atoms with E-state index in [-0.39, 0.29) is 41.9 Å². The van der Waals surface area contributed by atoms with Gasteiger partial charge in [0.05, 0.1) is 6.04 Å². The van der Waals surface area contributed by atoms with Gasteiger partial charge in [-0.25, -0.2) is 4.39 Å². The maximum atomic E-state index is 13.6. The van der Waals surface area contributed by atoms with Gasteiger partial charge < -0.3 is 23.9 Å². The maximum Gasteiger partial charge on any atom is 0.289 e. The van der Waals surface area contributed by atoms with Crippen LogP contribution in [-0.4, -0.2) is 65.1 Å². The van der Waals surface area contributed by atoms with Crippen LogP contribution in [0.25, 0.3) is 0 Å². The minimum Gasteiger partial charge on any atom is -0.486 e. The van der Waals surface area contributed by atoms with E-state index in [1.807, 2.05) is 18.2 Å². The second kappa shape index (κ2) is 10.7. The van der Waals surface area contributed by atoms with Crippen LogP contribution in [0.4, 0.5) is 4.39 Å². The van der Waals surface area contributed by atoms with Gasteiger partial charge in [-0.2, -0.15) is 0 Å². The predicted octanol–water partition coefficient (Wildman–Crippen LogP) is 3.80. The summed E-state index contributed by atoms with van der Waals surface area (Å²) in [5.41, 5.74) is 2.88. The maximum absolute atomic E-state index is 13.6. The minimum absolute atomic E-state index is 0.00898. The van der Waals surface area contributed by atoms with E-state index in [0.29, 0.717) is 44.2 Å². The molecule has 5 rings (SSSR count). The van der Waals surface area contributed by atoms with Gasteiger partial charge in [0.2, 0.25) is 11.8 Å². The molecule has 38 heavy (non-hydrogen) atoms. The molecule has 1 aromatic heterocycles. The Balaban J connectivity index is 1.28. The van der Waals surface area contributed by atoms with Crippen molar-refractivity contribution in [3.8, 4) is 5.75 Å². The monoisotopic (exact) mass is 519 g/mol. The Hall–Kier alpha value is -4.14. The van der Waals surface area contributed by atoms with Gasteiger partial charge in [0.1, 0.15) is 23.9 Å². The number of furan rings is 1. The Labute approximate surface area is 220 Å². The van der Waals surface area contributed by atoms with Gasteiger partial charge in [0, 0.05) is 46.6 Å². The van der Waals surface area contributed by atoms with Crippen molar-refractivity contribution in [1.29, 1.82) is 0 Å². The smallest absolute Gasteiger partial charge is 0.289 e. The first-order valence-corrected chi connectivity index (χ1v) is 12.7. The summed E-state index contributed by atoms with van der Waals surface area (Å²) in [5, 5.41) is 0. The van der Waals surface area contributed by atoms with E-state index in [1.165, 1.54) is 19.1 Å². The number of carbonyl (C=O) groups is 3. The number of benzene rings is 2. The van der Waals surface area contributed by atoms with Crippen molar-refractivity contribution in [1.82, 2.24) is 14.7 Å². The Morgan fingerprint density at radius 3 is 2.29 bits per heavy atom. The van der Waals surface area contributed by atoms with Crippen molar-refractivity contribution in [2.75, 3.05) is 32.7 Å². The van der Waals surface area contributed by atoms with E-state index in [0.717, 1.165) is 23.1 Å². The molecule has 3 amide bonds. The van der Waals surface area contributed by atoms with Crippen LogP contribution >= 0.6 is 0 Å². The Morgan fingerprint density at radius 2 is 1.61 bits per heavy atom. The van der Waals surface area contributed by atoms with Gasteiger partial charge in [-0.05, 0) is 59.5 Å². The van der Waals surface area contributed by atoms with E-state index >= 15 is 0 Å². The molecular weight excluding hydrogens is 489 g/mol. The highest BCUT2D eigenvalue weighted by atomic mass is 19.1. The fourth-order valence-corrected chi connectivity index (χ4v) is 5.13. The first kappa shape index (κ1) is 25.5. The van der Waals surface area contributed by atoms with Crippen molar-refractivity contribution in [3.63, 3.8) is 0 Å².